The van der Waals surface area contributed by atoms with Gasteiger partial charge in [0.2, 0.25) is 0 Å². The summed E-state index contributed by atoms with van der Waals surface area (Å²) in [6.45, 7) is 2.25. The average Bonchev–Trinajstić information content (AvgIpc) is 2.09. The van der Waals surface area contributed by atoms with Crippen LogP contribution in [0, 0.1) is 0 Å². The summed E-state index contributed by atoms with van der Waals surface area (Å²) in [5.41, 5.74) is 5.40. The third kappa shape index (κ3) is 11.9. The first-order valence-electron chi connectivity index (χ1n) is 5.55. The molecule has 0 fully saturated rings. The lowest BCUT2D eigenvalue weighted by Gasteiger charge is -2.00. The monoisotopic (exact) mass is 201 g/mol. The van der Waals surface area contributed by atoms with Crippen LogP contribution in [-0.2, 0) is 0 Å². The van der Waals surface area contributed by atoms with E-state index in [1.54, 1.807) is 0 Å². The molecule has 1 nitrogen and oxygen atoms in total. The zero-order valence-corrected chi connectivity index (χ0v) is 9.67. The lowest BCUT2D eigenvalue weighted by molar-refractivity contribution is 0.580. The molecule has 0 aliphatic carbocycles. The van der Waals surface area contributed by atoms with Gasteiger partial charge in [0.1, 0.15) is 0 Å². The fourth-order valence-corrected chi connectivity index (χ4v) is 1.58. The molecule has 0 amide bonds. The first kappa shape index (κ1) is 12.9. The van der Waals surface area contributed by atoms with Crippen molar-refractivity contribution in [2.75, 3.05) is 0 Å². The first-order valence-corrected chi connectivity index (χ1v) is 5.96. The minimum Gasteiger partial charge on any atom is -0.393 e. The second-order valence-electron chi connectivity index (χ2n) is 3.69. The van der Waals surface area contributed by atoms with Crippen molar-refractivity contribution >= 4 is 17.2 Å². The number of hydrogen-bond acceptors (Lipinski definition) is 1. The van der Waals surface area contributed by atoms with Crippen LogP contribution in [0.5, 0.6) is 0 Å². The Morgan fingerprint density at radius 2 is 1.38 bits per heavy atom. The molecular formula is C11H23NS. The zero-order valence-electron chi connectivity index (χ0n) is 8.85. The topological polar surface area (TPSA) is 26.0 Å². The molecular weight excluding hydrogens is 178 g/mol. The number of nitrogens with two attached hydrogens (primary N) is 1. The fourth-order valence-electron chi connectivity index (χ4n) is 1.43. The molecule has 2 N–H and O–H groups in total. The molecule has 13 heavy (non-hydrogen) atoms. The van der Waals surface area contributed by atoms with Gasteiger partial charge in [-0.15, -0.1) is 0 Å². The molecule has 0 saturated carbocycles. The maximum absolute atomic E-state index is 5.40. The second kappa shape index (κ2) is 9.97. The highest BCUT2D eigenvalue weighted by molar-refractivity contribution is 7.80. The fraction of sp³-hybridized carbons (Fsp3) is 0.909. The van der Waals surface area contributed by atoms with Gasteiger partial charge in [-0.05, 0) is 12.8 Å². The molecule has 0 rings (SSSR count). The number of rotatable bonds is 9. The highest BCUT2D eigenvalue weighted by Crippen LogP contribution is 2.09. The van der Waals surface area contributed by atoms with Crippen molar-refractivity contribution in [2.24, 2.45) is 5.73 Å². The summed E-state index contributed by atoms with van der Waals surface area (Å²) in [5.74, 6) is 0. The molecule has 0 unspecified atom stereocenters. The van der Waals surface area contributed by atoms with E-state index in [9.17, 15) is 0 Å². The van der Waals surface area contributed by atoms with Crippen LogP contribution in [0.15, 0.2) is 0 Å². The summed E-state index contributed by atoms with van der Waals surface area (Å²) in [6, 6.07) is 0. The van der Waals surface area contributed by atoms with E-state index < -0.39 is 0 Å². The van der Waals surface area contributed by atoms with Crippen molar-refractivity contribution < 1.29 is 0 Å². The molecule has 0 bridgehead atoms. The predicted octanol–water partition coefficient (Wildman–Crippen LogP) is 3.80. The van der Waals surface area contributed by atoms with E-state index in [2.05, 4.69) is 6.92 Å². The standard InChI is InChI=1S/C11H23NS/c1-2-3-4-5-6-7-8-9-10-11(12)13/h2-10H2,1H3,(H2,12,13). The van der Waals surface area contributed by atoms with E-state index in [1.165, 1.54) is 51.4 Å². The Balaban J connectivity index is 2.87. The highest BCUT2D eigenvalue weighted by Gasteiger charge is 1.92. The summed E-state index contributed by atoms with van der Waals surface area (Å²) in [5, 5.41) is 0. The van der Waals surface area contributed by atoms with Crippen molar-refractivity contribution in [1.29, 1.82) is 0 Å². The SMILES string of the molecule is CCCCCCCCCCC(N)=S. The second-order valence-corrected chi connectivity index (χ2v) is 4.22. The van der Waals surface area contributed by atoms with Gasteiger partial charge in [0.15, 0.2) is 0 Å². The minimum absolute atomic E-state index is 0.672. The molecule has 2 heteroatoms. The molecule has 0 aliphatic heterocycles. The van der Waals surface area contributed by atoms with Gasteiger partial charge in [-0.25, -0.2) is 0 Å². The lowest BCUT2D eigenvalue weighted by atomic mass is 10.1. The molecule has 0 aromatic rings. The van der Waals surface area contributed by atoms with Gasteiger partial charge in [0.05, 0.1) is 4.99 Å². The van der Waals surface area contributed by atoms with Crippen molar-refractivity contribution in [3.05, 3.63) is 0 Å². The Bertz CT molecular complexity index is 123. The van der Waals surface area contributed by atoms with Gasteiger partial charge in [-0.3, -0.25) is 0 Å². The molecule has 0 aliphatic rings. The van der Waals surface area contributed by atoms with Crippen LogP contribution in [-0.4, -0.2) is 4.99 Å². The number of hydrogen-bond donors (Lipinski definition) is 1. The van der Waals surface area contributed by atoms with Gasteiger partial charge in [0, 0.05) is 0 Å². The lowest BCUT2D eigenvalue weighted by Crippen LogP contribution is -2.06. The molecule has 78 valence electrons. The van der Waals surface area contributed by atoms with Gasteiger partial charge < -0.3 is 5.73 Å². The average molecular weight is 201 g/mol. The van der Waals surface area contributed by atoms with Crippen LogP contribution in [0.1, 0.15) is 64.7 Å². The van der Waals surface area contributed by atoms with Crippen LogP contribution in [0.2, 0.25) is 0 Å². The first-order chi connectivity index (χ1) is 6.27. The van der Waals surface area contributed by atoms with Crippen LogP contribution < -0.4 is 5.73 Å². The predicted molar refractivity (Wildman–Crippen MR) is 64.0 cm³/mol. The molecule has 0 aromatic carbocycles. The zero-order chi connectivity index (χ0) is 9.94. The molecule has 0 aromatic heterocycles. The van der Waals surface area contributed by atoms with Crippen molar-refractivity contribution in [3.8, 4) is 0 Å². The molecule has 0 atom stereocenters. The Morgan fingerprint density at radius 3 is 1.85 bits per heavy atom. The summed E-state index contributed by atoms with van der Waals surface area (Å²) in [6.07, 6.45) is 11.7. The minimum atomic E-state index is 0.672. The van der Waals surface area contributed by atoms with E-state index in [0.29, 0.717) is 4.99 Å². The van der Waals surface area contributed by atoms with Crippen molar-refractivity contribution in [1.82, 2.24) is 0 Å². The van der Waals surface area contributed by atoms with E-state index in [4.69, 9.17) is 18.0 Å². The molecule has 0 heterocycles. The maximum atomic E-state index is 5.40. The van der Waals surface area contributed by atoms with Gasteiger partial charge >= 0.3 is 0 Å². The Morgan fingerprint density at radius 1 is 0.923 bits per heavy atom. The van der Waals surface area contributed by atoms with Crippen molar-refractivity contribution in [3.63, 3.8) is 0 Å². The van der Waals surface area contributed by atoms with Gasteiger partial charge in [-0.1, -0.05) is 64.1 Å². The highest BCUT2D eigenvalue weighted by atomic mass is 32.1. The number of thiocarbonyl (C=S) groups is 1. The normalized spacial score (nSPS) is 10.2. The number of unbranched alkanes of at least 4 members (excludes halogenated alkanes) is 7. The van der Waals surface area contributed by atoms with Crippen LogP contribution in [0.25, 0.3) is 0 Å². The van der Waals surface area contributed by atoms with Crippen LogP contribution in [0.3, 0.4) is 0 Å². The summed E-state index contributed by atoms with van der Waals surface area (Å²) >= 11 is 4.81. The molecule has 0 spiro atoms. The Labute approximate surface area is 88.1 Å². The Kier molecular flexibility index (Phi) is 9.89. The maximum Gasteiger partial charge on any atom is 0.0727 e. The summed E-state index contributed by atoms with van der Waals surface area (Å²) in [7, 11) is 0. The third-order valence-corrected chi connectivity index (χ3v) is 2.48. The quantitative estimate of drug-likeness (QED) is 0.453. The smallest absolute Gasteiger partial charge is 0.0727 e. The van der Waals surface area contributed by atoms with Crippen molar-refractivity contribution in [2.45, 2.75) is 64.7 Å². The Hall–Kier alpha value is -0.110. The van der Waals surface area contributed by atoms with Crippen LogP contribution in [0.4, 0.5) is 0 Å². The van der Waals surface area contributed by atoms with E-state index in [0.717, 1.165) is 6.42 Å². The van der Waals surface area contributed by atoms with E-state index in [1.807, 2.05) is 0 Å². The largest absolute Gasteiger partial charge is 0.393 e. The summed E-state index contributed by atoms with van der Waals surface area (Å²) < 4.78 is 0. The molecule has 0 radical (unpaired) electrons. The third-order valence-electron chi connectivity index (χ3n) is 2.28. The van der Waals surface area contributed by atoms with Crippen LogP contribution >= 0.6 is 12.2 Å². The van der Waals surface area contributed by atoms with E-state index >= 15 is 0 Å². The van der Waals surface area contributed by atoms with Gasteiger partial charge in [-0.2, -0.15) is 0 Å². The van der Waals surface area contributed by atoms with Gasteiger partial charge in [0.25, 0.3) is 0 Å². The summed E-state index contributed by atoms with van der Waals surface area (Å²) in [4.78, 5) is 0.672. The van der Waals surface area contributed by atoms with E-state index in [-0.39, 0.29) is 0 Å². The molecule has 0 saturated heterocycles.